The van der Waals surface area contributed by atoms with E-state index in [2.05, 4.69) is 10.2 Å². The number of hydrogen-bond donors (Lipinski definition) is 1. The molecule has 0 aliphatic carbocycles. The number of nitrogens with zero attached hydrogens (tertiary/aromatic N) is 3. The Hall–Kier alpha value is -1.93. The summed E-state index contributed by atoms with van der Waals surface area (Å²) in [5.74, 6) is 0.444. The molecule has 2 aromatic rings. The SMILES string of the molecule is Cc1ccc(S(=O)(=O)N2CCn3c(n[nH]c3=O)C2)c(C)c1. The number of aryl methyl sites for hydroxylation is 2. The van der Waals surface area contributed by atoms with Gasteiger partial charge in [0.05, 0.1) is 11.4 Å². The van der Waals surface area contributed by atoms with Gasteiger partial charge in [-0.2, -0.15) is 9.40 Å². The lowest BCUT2D eigenvalue weighted by Gasteiger charge is -2.26. The molecule has 0 atom stereocenters. The molecule has 1 aromatic heterocycles. The standard InChI is InChI=1S/C13H16N4O3S/c1-9-3-4-11(10(2)7-9)21(19,20)16-5-6-17-12(8-16)14-15-13(17)18/h3-4,7H,5-6,8H2,1-2H3,(H,15,18). The second-order valence-electron chi connectivity index (χ2n) is 5.20. The molecule has 0 saturated heterocycles. The normalized spacial score (nSPS) is 15.9. The second kappa shape index (κ2) is 4.81. The van der Waals surface area contributed by atoms with Crippen molar-refractivity contribution in [2.24, 2.45) is 0 Å². The van der Waals surface area contributed by atoms with Gasteiger partial charge in [0.2, 0.25) is 10.0 Å². The van der Waals surface area contributed by atoms with Crippen LogP contribution in [0.5, 0.6) is 0 Å². The highest BCUT2D eigenvalue weighted by atomic mass is 32.2. The summed E-state index contributed by atoms with van der Waals surface area (Å²) in [6.45, 7) is 4.40. The summed E-state index contributed by atoms with van der Waals surface area (Å²) in [6, 6.07) is 5.27. The molecule has 1 N–H and O–H groups in total. The fourth-order valence-electron chi connectivity index (χ4n) is 2.58. The molecule has 0 spiro atoms. The average Bonchev–Trinajstić information content (AvgIpc) is 2.79. The predicted octanol–water partition coefficient (Wildman–Crippen LogP) is 0.393. The minimum Gasteiger partial charge on any atom is -0.277 e. The largest absolute Gasteiger partial charge is 0.343 e. The van der Waals surface area contributed by atoms with Crippen molar-refractivity contribution in [2.45, 2.75) is 31.8 Å². The first-order valence-corrected chi connectivity index (χ1v) is 8.05. The van der Waals surface area contributed by atoms with Crippen molar-refractivity contribution in [3.63, 3.8) is 0 Å². The van der Waals surface area contributed by atoms with E-state index in [1.54, 1.807) is 19.1 Å². The van der Waals surface area contributed by atoms with Crippen LogP contribution < -0.4 is 5.69 Å². The highest BCUT2D eigenvalue weighted by Crippen LogP contribution is 2.23. The first-order chi connectivity index (χ1) is 9.89. The minimum atomic E-state index is -3.58. The zero-order valence-corrected chi connectivity index (χ0v) is 12.6. The van der Waals surface area contributed by atoms with Crippen molar-refractivity contribution in [3.05, 3.63) is 45.6 Å². The Labute approximate surface area is 122 Å². The Morgan fingerprint density at radius 1 is 1.24 bits per heavy atom. The van der Waals surface area contributed by atoms with Gasteiger partial charge in [0, 0.05) is 13.1 Å². The number of hydrogen-bond acceptors (Lipinski definition) is 4. The van der Waals surface area contributed by atoms with Gasteiger partial charge < -0.3 is 0 Å². The summed E-state index contributed by atoms with van der Waals surface area (Å²) in [4.78, 5) is 11.8. The topological polar surface area (TPSA) is 88.1 Å². The van der Waals surface area contributed by atoms with E-state index in [0.29, 0.717) is 17.3 Å². The molecule has 7 nitrogen and oxygen atoms in total. The molecule has 0 fully saturated rings. The maximum atomic E-state index is 12.7. The predicted molar refractivity (Wildman–Crippen MR) is 76.4 cm³/mol. The van der Waals surface area contributed by atoms with Gasteiger partial charge >= 0.3 is 5.69 Å². The van der Waals surface area contributed by atoms with Crippen LogP contribution in [0.3, 0.4) is 0 Å². The third kappa shape index (κ3) is 2.30. The molecule has 0 saturated carbocycles. The highest BCUT2D eigenvalue weighted by Gasteiger charge is 2.30. The average molecular weight is 308 g/mol. The molecule has 2 heterocycles. The lowest BCUT2D eigenvalue weighted by Crippen LogP contribution is -2.40. The van der Waals surface area contributed by atoms with E-state index in [4.69, 9.17) is 0 Å². The molecule has 1 aromatic carbocycles. The summed E-state index contributed by atoms with van der Waals surface area (Å²) in [5, 5.41) is 6.22. The number of fused-ring (bicyclic) bond motifs is 1. The fraction of sp³-hybridized carbons (Fsp3) is 0.385. The van der Waals surface area contributed by atoms with E-state index >= 15 is 0 Å². The van der Waals surface area contributed by atoms with Crippen LogP contribution in [-0.2, 0) is 23.1 Å². The number of rotatable bonds is 2. The van der Waals surface area contributed by atoms with Gasteiger partial charge in [-0.1, -0.05) is 17.7 Å². The van der Waals surface area contributed by atoms with Crippen LogP contribution in [0.4, 0.5) is 0 Å². The monoisotopic (exact) mass is 308 g/mol. The molecule has 1 aliphatic heterocycles. The third-order valence-electron chi connectivity index (χ3n) is 3.68. The van der Waals surface area contributed by atoms with Crippen LogP contribution in [0, 0.1) is 13.8 Å². The summed E-state index contributed by atoms with van der Waals surface area (Å²) in [7, 11) is -3.58. The van der Waals surface area contributed by atoms with E-state index in [9.17, 15) is 13.2 Å². The summed E-state index contributed by atoms with van der Waals surface area (Å²) >= 11 is 0. The number of benzene rings is 1. The number of aromatic amines is 1. The Morgan fingerprint density at radius 3 is 2.71 bits per heavy atom. The van der Waals surface area contributed by atoms with Crippen LogP contribution in [0.25, 0.3) is 0 Å². The van der Waals surface area contributed by atoms with Gasteiger partial charge in [-0.05, 0) is 25.5 Å². The van der Waals surface area contributed by atoms with E-state index in [-0.39, 0.29) is 18.8 Å². The van der Waals surface area contributed by atoms with Crippen LogP contribution >= 0.6 is 0 Å². The molecule has 0 unspecified atom stereocenters. The molecule has 0 amide bonds. The summed E-state index contributed by atoms with van der Waals surface area (Å²) < 4.78 is 28.3. The smallest absolute Gasteiger partial charge is 0.277 e. The highest BCUT2D eigenvalue weighted by molar-refractivity contribution is 7.89. The quantitative estimate of drug-likeness (QED) is 0.869. The summed E-state index contributed by atoms with van der Waals surface area (Å²) in [6.07, 6.45) is 0. The molecule has 21 heavy (non-hydrogen) atoms. The van der Waals surface area contributed by atoms with Crippen molar-refractivity contribution in [1.29, 1.82) is 0 Å². The van der Waals surface area contributed by atoms with Gasteiger partial charge in [0.25, 0.3) is 0 Å². The molecule has 1 aliphatic rings. The van der Waals surface area contributed by atoms with E-state index in [0.717, 1.165) is 11.1 Å². The van der Waals surface area contributed by atoms with Crippen LogP contribution in [-0.4, -0.2) is 34.0 Å². The molecule has 0 bridgehead atoms. The van der Waals surface area contributed by atoms with Gasteiger partial charge in [-0.25, -0.2) is 18.3 Å². The van der Waals surface area contributed by atoms with Crippen LogP contribution in [0.15, 0.2) is 27.9 Å². The van der Waals surface area contributed by atoms with Gasteiger partial charge in [0.1, 0.15) is 5.82 Å². The van der Waals surface area contributed by atoms with Crippen LogP contribution in [0.1, 0.15) is 17.0 Å². The molecule has 0 radical (unpaired) electrons. The van der Waals surface area contributed by atoms with Crippen molar-refractivity contribution in [2.75, 3.05) is 6.54 Å². The van der Waals surface area contributed by atoms with Crippen LogP contribution in [0.2, 0.25) is 0 Å². The summed E-state index contributed by atoms with van der Waals surface area (Å²) in [5.41, 5.74) is 1.44. The molecular formula is C13H16N4O3S. The zero-order valence-electron chi connectivity index (χ0n) is 11.8. The van der Waals surface area contributed by atoms with Crippen molar-refractivity contribution >= 4 is 10.0 Å². The zero-order chi connectivity index (χ0) is 15.2. The van der Waals surface area contributed by atoms with E-state index < -0.39 is 10.0 Å². The van der Waals surface area contributed by atoms with Crippen molar-refractivity contribution in [1.82, 2.24) is 19.1 Å². The van der Waals surface area contributed by atoms with E-state index in [1.165, 1.54) is 8.87 Å². The van der Waals surface area contributed by atoms with Gasteiger partial charge in [0.15, 0.2) is 0 Å². The Morgan fingerprint density at radius 2 is 2.00 bits per heavy atom. The first-order valence-electron chi connectivity index (χ1n) is 6.61. The third-order valence-corrected chi connectivity index (χ3v) is 5.68. The van der Waals surface area contributed by atoms with Crippen molar-refractivity contribution in [3.8, 4) is 0 Å². The Bertz CT molecular complexity index is 851. The maximum Gasteiger partial charge on any atom is 0.343 e. The number of nitrogens with one attached hydrogen (secondary N) is 1. The molecular weight excluding hydrogens is 292 g/mol. The van der Waals surface area contributed by atoms with E-state index in [1.807, 2.05) is 13.0 Å². The first kappa shape index (κ1) is 14.0. The molecule has 8 heteroatoms. The molecule has 112 valence electrons. The lowest BCUT2D eigenvalue weighted by molar-refractivity contribution is 0.332. The second-order valence-corrected chi connectivity index (χ2v) is 7.11. The van der Waals surface area contributed by atoms with Gasteiger partial charge in [-0.3, -0.25) is 4.57 Å². The molecule has 3 rings (SSSR count). The number of H-pyrrole nitrogens is 1. The maximum absolute atomic E-state index is 12.7. The Balaban J connectivity index is 1.98. The number of sulfonamides is 1. The fourth-order valence-corrected chi connectivity index (χ4v) is 4.17. The minimum absolute atomic E-state index is 0.106. The van der Waals surface area contributed by atoms with Gasteiger partial charge in [-0.15, -0.1) is 0 Å². The van der Waals surface area contributed by atoms with Crippen molar-refractivity contribution < 1.29 is 8.42 Å². The lowest BCUT2D eigenvalue weighted by atomic mass is 10.2. The Kier molecular flexibility index (Phi) is 3.22. The number of aromatic nitrogens is 3.